The van der Waals surface area contributed by atoms with Crippen molar-refractivity contribution in [2.45, 2.75) is 6.10 Å². The van der Waals surface area contributed by atoms with Gasteiger partial charge in [0.1, 0.15) is 18.5 Å². The molecule has 2 aliphatic rings. The van der Waals surface area contributed by atoms with E-state index in [4.69, 9.17) is 9.47 Å². The molecule has 1 atom stereocenters. The maximum absolute atomic E-state index is 12.7. The first kappa shape index (κ1) is 22.9. The average molecular weight is 514 g/mol. The maximum Gasteiger partial charge on any atom is 0.282 e. The van der Waals surface area contributed by atoms with Gasteiger partial charge in [-0.2, -0.15) is 17.0 Å². The van der Waals surface area contributed by atoms with Crippen molar-refractivity contribution >= 4 is 36.9 Å². The van der Waals surface area contributed by atoms with Gasteiger partial charge >= 0.3 is 0 Å². The van der Waals surface area contributed by atoms with Gasteiger partial charge in [-0.25, -0.2) is 0 Å². The van der Waals surface area contributed by atoms with Gasteiger partial charge in [-0.3, -0.25) is 4.90 Å². The number of aliphatic hydroxyl groups is 1. The first-order valence-corrected chi connectivity index (χ1v) is 12.7. The van der Waals surface area contributed by atoms with E-state index in [1.165, 1.54) is 8.61 Å². The molecule has 0 bridgehead atoms. The predicted molar refractivity (Wildman–Crippen MR) is 122 cm³/mol. The molecule has 2 aliphatic heterocycles. The first-order chi connectivity index (χ1) is 14.9. The van der Waals surface area contributed by atoms with Gasteiger partial charge in [0.25, 0.3) is 10.2 Å². The maximum atomic E-state index is 12.7. The molecule has 1 unspecified atom stereocenters. The lowest BCUT2D eigenvalue weighted by Gasteiger charge is -2.38. The number of aliphatic hydroxyl groups excluding tert-OH is 1. The van der Waals surface area contributed by atoms with E-state index in [1.54, 1.807) is 0 Å². The van der Waals surface area contributed by atoms with Crippen molar-refractivity contribution in [1.29, 1.82) is 0 Å². The Morgan fingerprint density at radius 2 is 1.61 bits per heavy atom. The van der Waals surface area contributed by atoms with Gasteiger partial charge in [0.05, 0.1) is 13.2 Å². The van der Waals surface area contributed by atoms with E-state index >= 15 is 0 Å². The van der Waals surface area contributed by atoms with E-state index < -0.39 is 16.3 Å². The van der Waals surface area contributed by atoms with Crippen LogP contribution >= 0.6 is 15.9 Å². The molecule has 4 rings (SSSR count). The molecule has 0 saturated carbocycles. The third kappa shape index (κ3) is 5.75. The molecule has 0 spiro atoms. The Morgan fingerprint density at radius 1 is 0.968 bits per heavy atom. The van der Waals surface area contributed by atoms with Crippen molar-refractivity contribution < 1.29 is 23.0 Å². The summed E-state index contributed by atoms with van der Waals surface area (Å²) in [7, 11) is -3.43. The molecule has 0 aliphatic carbocycles. The highest BCUT2D eigenvalue weighted by atomic mass is 79.9. The summed E-state index contributed by atoms with van der Waals surface area (Å²) in [6, 6.07) is 11.9. The number of rotatable bonds is 7. The summed E-state index contributed by atoms with van der Waals surface area (Å²) in [5.74, 6) is 0.718. The fourth-order valence-corrected chi connectivity index (χ4v) is 5.85. The summed E-state index contributed by atoms with van der Waals surface area (Å²) >= 11 is 3.47. The second-order valence-corrected chi connectivity index (χ2v) is 10.7. The number of morpholine rings is 1. The van der Waals surface area contributed by atoms with Gasteiger partial charge in [0.2, 0.25) is 0 Å². The molecule has 0 aromatic heterocycles. The molecule has 0 radical (unpaired) electrons. The number of nitrogens with zero attached hydrogens (tertiary/aromatic N) is 3. The molecule has 2 aromatic rings. The molecule has 170 valence electrons. The zero-order chi connectivity index (χ0) is 21.8. The molecule has 0 amide bonds. The number of hydrogen-bond donors (Lipinski definition) is 1. The van der Waals surface area contributed by atoms with Crippen LogP contribution in [0.5, 0.6) is 5.75 Å². The van der Waals surface area contributed by atoms with Crippen LogP contribution < -0.4 is 4.74 Å². The van der Waals surface area contributed by atoms with Crippen molar-refractivity contribution in [2.75, 3.05) is 65.6 Å². The summed E-state index contributed by atoms with van der Waals surface area (Å²) in [5, 5.41) is 12.6. The molecule has 2 heterocycles. The Balaban J connectivity index is 1.24. The van der Waals surface area contributed by atoms with Crippen molar-refractivity contribution in [3.8, 4) is 5.75 Å². The van der Waals surface area contributed by atoms with E-state index in [9.17, 15) is 13.5 Å². The molecule has 10 heteroatoms. The third-order valence-electron chi connectivity index (χ3n) is 5.64. The Labute approximate surface area is 191 Å². The average Bonchev–Trinajstić information content (AvgIpc) is 2.78. The molecule has 2 saturated heterocycles. The number of hydrogen-bond acceptors (Lipinski definition) is 6. The van der Waals surface area contributed by atoms with Gasteiger partial charge < -0.3 is 14.6 Å². The number of benzene rings is 2. The zero-order valence-corrected chi connectivity index (χ0v) is 19.7. The van der Waals surface area contributed by atoms with Gasteiger partial charge in [-0.05, 0) is 35.0 Å². The monoisotopic (exact) mass is 513 g/mol. The SMILES string of the molecule is O=S(=O)(N1CCOCC1)N1CCN(CC(O)COc2ccc3cc(Br)ccc3c2)CC1. The Hall–Kier alpha value is -1.27. The second kappa shape index (κ2) is 10.1. The fraction of sp³-hybridized carbons (Fsp3) is 0.524. The smallest absolute Gasteiger partial charge is 0.282 e. The summed E-state index contributed by atoms with van der Waals surface area (Å²) in [5.41, 5.74) is 0. The first-order valence-electron chi connectivity index (χ1n) is 10.5. The quantitative estimate of drug-likeness (QED) is 0.604. The molecule has 2 fully saturated rings. The van der Waals surface area contributed by atoms with Crippen LogP contribution in [0.25, 0.3) is 10.8 Å². The topological polar surface area (TPSA) is 82.6 Å². The number of halogens is 1. The normalized spacial score (nSPS) is 20.7. The van der Waals surface area contributed by atoms with Crippen LogP contribution in [-0.4, -0.2) is 98.8 Å². The molecular weight excluding hydrogens is 486 g/mol. The predicted octanol–water partition coefficient (Wildman–Crippen LogP) is 1.54. The summed E-state index contributed by atoms with van der Waals surface area (Å²) in [6.07, 6.45) is -0.650. The van der Waals surface area contributed by atoms with Crippen molar-refractivity contribution in [3.05, 3.63) is 40.9 Å². The minimum Gasteiger partial charge on any atom is -0.491 e. The number of β-amino-alcohol motifs (C(OH)–C–C–N with tert-alkyl or cyclic N) is 1. The molecular formula is C21H28BrN3O5S. The summed E-state index contributed by atoms with van der Waals surface area (Å²) in [6.45, 7) is 4.37. The largest absolute Gasteiger partial charge is 0.491 e. The van der Waals surface area contributed by atoms with Crippen LogP contribution in [0.15, 0.2) is 40.9 Å². The highest BCUT2D eigenvalue weighted by Crippen LogP contribution is 2.24. The van der Waals surface area contributed by atoms with E-state index in [-0.39, 0.29) is 6.61 Å². The Kier molecular flexibility index (Phi) is 7.48. The lowest BCUT2D eigenvalue weighted by Crippen LogP contribution is -2.55. The number of fused-ring (bicyclic) bond motifs is 1. The molecule has 1 N–H and O–H groups in total. The van der Waals surface area contributed by atoms with E-state index in [0.29, 0.717) is 59.0 Å². The van der Waals surface area contributed by atoms with Crippen LogP contribution in [0.3, 0.4) is 0 Å². The lowest BCUT2D eigenvalue weighted by atomic mass is 10.1. The Bertz CT molecular complexity index is 992. The highest BCUT2D eigenvalue weighted by Gasteiger charge is 2.33. The van der Waals surface area contributed by atoms with E-state index in [2.05, 4.69) is 20.8 Å². The number of piperazine rings is 1. The van der Waals surface area contributed by atoms with Crippen molar-refractivity contribution in [2.24, 2.45) is 0 Å². The van der Waals surface area contributed by atoms with Crippen LogP contribution in [-0.2, 0) is 14.9 Å². The van der Waals surface area contributed by atoms with Gasteiger partial charge in [-0.1, -0.05) is 28.1 Å². The molecule has 8 nitrogen and oxygen atoms in total. The van der Waals surface area contributed by atoms with E-state index in [1.807, 2.05) is 36.4 Å². The van der Waals surface area contributed by atoms with Gasteiger partial charge in [0.15, 0.2) is 0 Å². The highest BCUT2D eigenvalue weighted by molar-refractivity contribution is 9.10. The van der Waals surface area contributed by atoms with Gasteiger partial charge in [-0.15, -0.1) is 0 Å². The number of ether oxygens (including phenoxy) is 2. The van der Waals surface area contributed by atoms with Gasteiger partial charge in [0, 0.05) is 50.3 Å². The standard InChI is InChI=1S/C21H28BrN3O5S/c22-19-3-1-18-14-21(4-2-17(18)13-19)30-16-20(26)15-23-5-7-24(8-6-23)31(27,28)25-9-11-29-12-10-25/h1-4,13-14,20,26H,5-12,15-16H2. The summed E-state index contributed by atoms with van der Waals surface area (Å²) in [4.78, 5) is 2.08. The molecule has 31 heavy (non-hydrogen) atoms. The third-order valence-corrected chi connectivity index (χ3v) is 8.17. The Morgan fingerprint density at radius 3 is 2.35 bits per heavy atom. The van der Waals surface area contributed by atoms with Crippen LogP contribution in [0.4, 0.5) is 0 Å². The zero-order valence-electron chi connectivity index (χ0n) is 17.3. The van der Waals surface area contributed by atoms with Crippen molar-refractivity contribution in [1.82, 2.24) is 13.5 Å². The minimum absolute atomic E-state index is 0.189. The lowest BCUT2D eigenvalue weighted by molar-refractivity contribution is 0.0526. The van der Waals surface area contributed by atoms with E-state index in [0.717, 1.165) is 21.0 Å². The van der Waals surface area contributed by atoms with Crippen LogP contribution in [0, 0.1) is 0 Å². The second-order valence-electron chi connectivity index (χ2n) is 7.84. The van der Waals surface area contributed by atoms with Crippen LogP contribution in [0.2, 0.25) is 0 Å². The van der Waals surface area contributed by atoms with Crippen molar-refractivity contribution in [3.63, 3.8) is 0 Å². The minimum atomic E-state index is -3.43. The summed E-state index contributed by atoms with van der Waals surface area (Å²) < 4.78 is 40.6. The van der Waals surface area contributed by atoms with Crippen LogP contribution in [0.1, 0.15) is 0 Å². The molecule has 2 aromatic carbocycles. The fourth-order valence-electron chi connectivity index (χ4n) is 3.91.